The minimum atomic E-state index is 0.114. The Bertz CT molecular complexity index is 661. The van der Waals surface area contributed by atoms with Crippen LogP contribution >= 0.6 is 0 Å². The molecular formula is C22H30N2O3. The molecule has 0 unspecified atom stereocenters. The van der Waals surface area contributed by atoms with Crippen molar-refractivity contribution < 1.29 is 14.3 Å². The Labute approximate surface area is 161 Å². The zero-order valence-corrected chi connectivity index (χ0v) is 16.1. The minimum absolute atomic E-state index is 0.114. The van der Waals surface area contributed by atoms with Crippen molar-refractivity contribution in [1.29, 1.82) is 0 Å². The van der Waals surface area contributed by atoms with E-state index in [9.17, 15) is 9.59 Å². The summed E-state index contributed by atoms with van der Waals surface area (Å²) in [5.74, 6) is 1.46. The van der Waals surface area contributed by atoms with E-state index in [0.29, 0.717) is 12.5 Å². The van der Waals surface area contributed by atoms with E-state index in [4.69, 9.17) is 4.74 Å². The Morgan fingerprint density at radius 1 is 0.889 bits per heavy atom. The Morgan fingerprint density at radius 2 is 1.59 bits per heavy atom. The fourth-order valence-electron chi connectivity index (χ4n) is 4.70. The number of likely N-dealkylation sites (tertiary alicyclic amines) is 2. The van der Waals surface area contributed by atoms with E-state index < -0.39 is 0 Å². The Kier molecular flexibility index (Phi) is 5.65. The van der Waals surface area contributed by atoms with Gasteiger partial charge < -0.3 is 14.5 Å². The Morgan fingerprint density at radius 3 is 2.30 bits per heavy atom. The number of carbonyl (C=O) groups is 2. The van der Waals surface area contributed by atoms with Crippen molar-refractivity contribution in [2.24, 2.45) is 5.92 Å². The second kappa shape index (κ2) is 8.32. The topological polar surface area (TPSA) is 49.9 Å². The van der Waals surface area contributed by atoms with Crippen molar-refractivity contribution in [2.75, 3.05) is 26.2 Å². The highest BCUT2D eigenvalue weighted by Gasteiger charge is 2.34. The molecule has 2 saturated heterocycles. The molecule has 1 aliphatic carbocycles. The molecule has 0 radical (unpaired) electrons. The van der Waals surface area contributed by atoms with Crippen molar-refractivity contribution >= 4 is 11.8 Å². The molecule has 5 heteroatoms. The van der Waals surface area contributed by atoms with E-state index in [1.165, 1.54) is 12.8 Å². The van der Waals surface area contributed by atoms with Crippen LogP contribution in [0.25, 0.3) is 0 Å². The molecule has 27 heavy (non-hydrogen) atoms. The first-order valence-electron chi connectivity index (χ1n) is 10.5. The van der Waals surface area contributed by atoms with Gasteiger partial charge in [0.1, 0.15) is 12.4 Å². The molecule has 0 N–H and O–H groups in total. The van der Waals surface area contributed by atoms with Crippen molar-refractivity contribution in [3.05, 3.63) is 29.8 Å². The molecular weight excluding hydrogens is 340 g/mol. The number of rotatable bonds is 5. The molecule has 1 saturated carbocycles. The maximum absolute atomic E-state index is 12.7. The lowest BCUT2D eigenvalue weighted by molar-refractivity contribution is -0.136. The van der Waals surface area contributed by atoms with Gasteiger partial charge in [-0.25, -0.2) is 0 Å². The van der Waals surface area contributed by atoms with Crippen molar-refractivity contribution in [3.63, 3.8) is 0 Å². The lowest BCUT2D eigenvalue weighted by Gasteiger charge is -2.27. The average Bonchev–Trinajstić information content (AvgIpc) is 3.48. The fourth-order valence-corrected chi connectivity index (χ4v) is 4.70. The van der Waals surface area contributed by atoms with Gasteiger partial charge in [-0.2, -0.15) is 0 Å². The van der Waals surface area contributed by atoms with Gasteiger partial charge in [-0.05, 0) is 62.8 Å². The standard InChI is InChI=1S/C22H30N2O3/c25-21(23-13-3-4-14-23)18-9-11-20(12-10-18)27-16-19-8-5-15-24(19)22(26)17-6-1-2-7-17/h9-12,17,19H,1-8,13-16H2/t19-/m0/s1. The van der Waals surface area contributed by atoms with Crippen LogP contribution in [0.1, 0.15) is 61.7 Å². The predicted molar refractivity (Wildman–Crippen MR) is 104 cm³/mol. The van der Waals surface area contributed by atoms with Gasteiger partial charge in [0.05, 0.1) is 6.04 Å². The molecule has 5 nitrogen and oxygen atoms in total. The molecule has 1 aromatic carbocycles. The number of benzene rings is 1. The van der Waals surface area contributed by atoms with Crippen molar-refractivity contribution in [3.8, 4) is 5.75 Å². The summed E-state index contributed by atoms with van der Waals surface area (Å²) in [4.78, 5) is 29.1. The van der Waals surface area contributed by atoms with E-state index >= 15 is 0 Å². The molecule has 0 spiro atoms. The first-order chi connectivity index (χ1) is 13.2. The van der Waals surface area contributed by atoms with E-state index in [1.54, 1.807) is 0 Å². The van der Waals surface area contributed by atoms with Crippen LogP contribution in [0.5, 0.6) is 5.75 Å². The van der Waals surface area contributed by atoms with E-state index in [-0.39, 0.29) is 17.9 Å². The molecule has 1 aromatic rings. The van der Waals surface area contributed by atoms with Gasteiger partial charge in [-0.3, -0.25) is 9.59 Å². The highest BCUT2D eigenvalue weighted by atomic mass is 16.5. The summed E-state index contributed by atoms with van der Waals surface area (Å²) in [6.07, 6.45) is 8.77. The monoisotopic (exact) mass is 370 g/mol. The van der Waals surface area contributed by atoms with Crippen molar-refractivity contribution in [1.82, 2.24) is 9.80 Å². The Hall–Kier alpha value is -2.04. The van der Waals surface area contributed by atoms with Gasteiger partial charge >= 0.3 is 0 Å². The smallest absolute Gasteiger partial charge is 0.253 e. The third-order valence-electron chi connectivity index (χ3n) is 6.30. The average molecular weight is 370 g/mol. The van der Waals surface area contributed by atoms with Crippen LogP contribution in [0.4, 0.5) is 0 Å². The number of hydrogen-bond donors (Lipinski definition) is 0. The fraction of sp³-hybridized carbons (Fsp3) is 0.636. The van der Waals surface area contributed by atoms with Crippen molar-refractivity contribution in [2.45, 2.75) is 57.4 Å². The largest absolute Gasteiger partial charge is 0.491 e. The van der Waals surface area contributed by atoms with Gasteiger partial charge in [0.25, 0.3) is 5.91 Å². The highest BCUT2D eigenvalue weighted by Crippen LogP contribution is 2.30. The molecule has 3 aliphatic rings. The minimum Gasteiger partial charge on any atom is -0.491 e. The number of hydrogen-bond acceptors (Lipinski definition) is 3. The van der Waals surface area contributed by atoms with Crippen LogP contribution in [0.3, 0.4) is 0 Å². The second-order valence-corrected chi connectivity index (χ2v) is 8.14. The van der Waals surface area contributed by atoms with Crippen LogP contribution in [-0.2, 0) is 4.79 Å². The number of carbonyl (C=O) groups excluding carboxylic acids is 2. The summed E-state index contributed by atoms with van der Waals surface area (Å²) in [5.41, 5.74) is 0.725. The molecule has 0 bridgehead atoms. The lowest BCUT2D eigenvalue weighted by Crippen LogP contribution is -2.41. The highest BCUT2D eigenvalue weighted by molar-refractivity contribution is 5.94. The number of ether oxygens (including phenoxy) is 1. The third kappa shape index (κ3) is 4.12. The maximum Gasteiger partial charge on any atom is 0.253 e. The quantitative estimate of drug-likeness (QED) is 0.797. The number of amides is 2. The first kappa shape index (κ1) is 18.3. The van der Waals surface area contributed by atoms with Crippen LogP contribution in [-0.4, -0.2) is 53.9 Å². The van der Waals surface area contributed by atoms with Gasteiger partial charge in [0.2, 0.25) is 5.91 Å². The van der Waals surface area contributed by atoms with Gasteiger partial charge in [-0.1, -0.05) is 12.8 Å². The summed E-state index contributed by atoms with van der Waals surface area (Å²) < 4.78 is 5.97. The molecule has 1 atom stereocenters. The summed E-state index contributed by atoms with van der Waals surface area (Å²) in [6.45, 7) is 3.14. The molecule has 2 aliphatic heterocycles. The van der Waals surface area contributed by atoms with E-state index in [0.717, 1.165) is 69.5 Å². The summed E-state index contributed by atoms with van der Waals surface area (Å²) in [7, 11) is 0. The first-order valence-corrected chi connectivity index (χ1v) is 10.5. The summed E-state index contributed by atoms with van der Waals surface area (Å²) >= 11 is 0. The Balaban J connectivity index is 1.31. The normalized spacial score (nSPS) is 23.2. The third-order valence-corrected chi connectivity index (χ3v) is 6.30. The second-order valence-electron chi connectivity index (χ2n) is 8.14. The van der Waals surface area contributed by atoms with Gasteiger partial charge in [0.15, 0.2) is 0 Å². The van der Waals surface area contributed by atoms with Crippen LogP contribution < -0.4 is 4.74 Å². The summed E-state index contributed by atoms with van der Waals surface area (Å²) in [5, 5.41) is 0. The van der Waals surface area contributed by atoms with Crippen LogP contribution in [0.2, 0.25) is 0 Å². The molecule has 0 aromatic heterocycles. The molecule has 2 heterocycles. The van der Waals surface area contributed by atoms with Crippen LogP contribution in [0, 0.1) is 5.92 Å². The summed E-state index contributed by atoms with van der Waals surface area (Å²) in [6, 6.07) is 7.64. The molecule has 2 amide bonds. The predicted octanol–water partition coefficient (Wildman–Crippen LogP) is 3.48. The van der Waals surface area contributed by atoms with Gasteiger partial charge in [-0.15, -0.1) is 0 Å². The van der Waals surface area contributed by atoms with Crippen LogP contribution in [0.15, 0.2) is 24.3 Å². The number of nitrogens with zero attached hydrogens (tertiary/aromatic N) is 2. The zero-order chi connectivity index (χ0) is 18.6. The van der Waals surface area contributed by atoms with E-state index in [2.05, 4.69) is 4.90 Å². The zero-order valence-electron chi connectivity index (χ0n) is 16.1. The van der Waals surface area contributed by atoms with Gasteiger partial charge in [0, 0.05) is 31.1 Å². The molecule has 4 rings (SSSR count). The molecule has 3 fully saturated rings. The molecule has 146 valence electrons. The SMILES string of the molecule is O=C(c1ccc(OC[C@@H]2CCCN2C(=O)C2CCCC2)cc1)N1CCCC1. The van der Waals surface area contributed by atoms with E-state index in [1.807, 2.05) is 29.2 Å². The maximum atomic E-state index is 12.7. The lowest BCUT2D eigenvalue weighted by atomic mass is 10.1.